The van der Waals surface area contributed by atoms with Crippen molar-refractivity contribution < 1.29 is 15.0 Å². The van der Waals surface area contributed by atoms with Crippen LogP contribution in [0, 0.1) is 13.8 Å². The molecule has 2 N–H and O–H groups in total. The molecule has 0 saturated carbocycles. The lowest BCUT2D eigenvalue weighted by Crippen LogP contribution is -1.96. The zero-order valence-electron chi connectivity index (χ0n) is 10.5. The SMILES string of the molecule is Cc1nc(C)c(/C=C/c2ccc(C(=O)O)c(O)c2)s1. The van der Waals surface area contributed by atoms with Gasteiger partial charge in [0.2, 0.25) is 0 Å². The number of nitrogens with zero attached hydrogens (tertiary/aromatic N) is 1. The van der Waals surface area contributed by atoms with Crippen LogP contribution in [0.4, 0.5) is 0 Å². The Labute approximate surface area is 114 Å². The van der Waals surface area contributed by atoms with Crippen LogP contribution in [0.2, 0.25) is 0 Å². The van der Waals surface area contributed by atoms with Gasteiger partial charge in [0.05, 0.1) is 15.6 Å². The van der Waals surface area contributed by atoms with Gasteiger partial charge in [-0.1, -0.05) is 12.1 Å². The molecule has 0 bridgehead atoms. The van der Waals surface area contributed by atoms with Gasteiger partial charge in [-0.3, -0.25) is 0 Å². The van der Waals surface area contributed by atoms with E-state index in [1.54, 1.807) is 17.4 Å². The second-order valence-electron chi connectivity index (χ2n) is 4.10. The predicted molar refractivity (Wildman–Crippen MR) is 75.6 cm³/mol. The third-order valence-corrected chi connectivity index (χ3v) is 3.66. The van der Waals surface area contributed by atoms with Crippen molar-refractivity contribution in [1.82, 2.24) is 4.98 Å². The van der Waals surface area contributed by atoms with E-state index in [4.69, 9.17) is 5.11 Å². The van der Waals surface area contributed by atoms with Gasteiger partial charge in [-0.05, 0) is 37.6 Å². The highest BCUT2D eigenvalue weighted by molar-refractivity contribution is 7.12. The van der Waals surface area contributed by atoms with E-state index in [1.165, 1.54) is 12.1 Å². The number of aryl methyl sites for hydroxylation is 2. The van der Waals surface area contributed by atoms with Crippen molar-refractivity contribution in [3.05, 3.63) is 44.9 Å². The molecule has 4 nitrogen and oxygen atoms in total. The van der Waals surface area contributed by atoms with Crippen molar-refractivity contribution in [3.8, 4) is 5.75 Å². The van der Waals surface area contributed by atoms with Crippen LogP contribution in [-0.2, 0) is 0 Å². The van der Waals surface area contributed by atoms with Gasteiger partial charge in [0.25, 0.3) is 0 Å². The average Bonchev–Trinajstić information content (AvgIpc) is 2.65. The quantitative estimate of drug-likeness (QED) is 0.901. The van der Waals surface area contributed by atoms with Crippen molar-refractivity contribution >= 4 is 29.5 Å². The summed E-state index contributed by atoms with van der Waals surface area (Å²) < 4.78 is 0. The molecule has 1 aromatic heterocycles. The van der Waals surface area contributed by atoms with Crippen LogP contribution in [-0.4, -0.2) is 21.2 Å². The lowest BCUT2D eigenvalue weighted by atomic mass is 10.1. The second-order valence-corrected chi connectivity index (χ2v) is 5.33. The van der Waals surface area contributed by atoms with Crippen molar-refractivity contribution in [3.63, 3.8) is 0 Å². The van der Waals surface area contributed by atoms with Crippen LogP contribution in [0.3, 0.4) is 0 Å². The molecule has 0 radical (unpaired) electrons. The maximum atomic E-state index is 10.8. The summed E-state index contributed by atoms with van der Waals surface area (Å²) >= 11 is 1.59. The zero-order chi connectivity index (χ0) is 14.0. The van der Waals surface area contributed by atoms with Crippen molar-refractivity contribution in [1.29, 1.82) is 0 Å². The Morgan fingerprint density at radius 1 is 1.32 bits per heavy atom. The molecule has 2 rings (SSSR count). The second kappa shape index (κ2) is 5.24. The first-order valence-electron chi connectivity index (χ1n) is 5.66. The minimum Gasteiger partial charge on any atom is -0.507 e. The highest BCUT2D eigenvalue weighted by atomic mass is 32.1. The highest BCUT2D eigenvalue weighted by Crippen LogP contribution is 2.23. The van der Waals surface area contributed by atoms with Crippen LogP contribution in [0.25, 0.3) is 12.2 Å². The van der Waals surface area contributed by atoms with Gasteiger partial charge in [0.1, 0.15) is 11.3 Å². The fourth-order valence-electron chi connectivity index (χ4n) is 1.71. The normalized spacial score (nSPS) is 11.1. The van der Waals surface area contributed by atoms with E-state index in [-0.39, 0.29) is 11.3 Å². The fourth-order valence-corrected chi connectivity index (χ4v) is 2.54. The molecular formula is C14H13NO3S. The molecule has 0 aliphatic rings. The molecule has 1 heterocycles. The number of carbonyl (C=O) groups is 1. The fraction of sp³-hybridized carbons (Fsp3) is 0.143. The lowest BCUT2D eigenvalue weighted by Gasteiger charge is -2.00. The first-order chi connectivity index (χ1) is 8.97. The largest absolute Gasteiger partial charge is 0.507 e. The molecule has 0 atom stereocenters. The molecule has 5 heteroatoms. The third kappa shape index (κ3) is 3.00. The van der Waals surface area contributed by atoms with Crippen LogP contribution >= 0.6 is 11.3 Å². The molecule has 0 fully saturated rings. The summed E-state index contributed by atoms with van der Waals surface area (Å²) in [6.45, 7) is 3.89. The van der Waals surface area contributed by atoms with Gasteiger partial charge in [0.15, 0.2) is 0 Å². The number of aromatic nitrogens is 1. The highest BCUT2D eigenvalue weighted by Gasteiger charge is 2.08. The number of carboxylic acid groups (broad SMARTS) is 1. The number of benzene rings is 1. The van der Waals surface area contributed by atoms with E-state index in [1.807, 2.05) is 26.0 Å². The Balaban J connectivity index is 2.27. The lowest BCUT2D eigenvalue weighted by molar-refractivity contribution is 0.0694. The number of hydrogen-bond donors (Lipinski definition) is 2. The number of rotatable bonds is 3. The van der Waals surface area contributed by atoms with Crippen LogP contribution in [0.5, 0.6) is 5.75 Å². The summed E-state index contributed by atoms with van der Waals surface area (Å²) in [5.74, 6) is -1.37. The Kier molecular flexibility index (Phi) is 3.66. The van der Waals surface area contributed by atoms with Gasteiger partial charge in [-0.15, -0.1) is 11.3 Å². The molecule has 0 amide bonds. The van der Waals surface area contributed by atoms with Crippen LogP contribution < -0.4 is 0 Å². The summed E-state index contributed by atoms with van der Waals surface area (Å²) in [7, 11) is 0. The van der Waals surface area contributed by atoms with E-state index in [0.29, 0.717) is 0 Å². The summed E-state index contributed by atoms with van der Waals surface area (Å²) in [5.41, 5.74) is 1.61. The number of aromatic carboxylic acids is 1. The smallest absolute Gasteiger partial charge is 0.339 e. The van der Waals surface area contributed by atoms with Crippen LogP contribution in [0.1, 0.15) is 31.5 Å². The number of thiazole rings is 1. The Morgan fingerprint density at radius 3 is 2.58 bits per heavy atom. The number of carboxylic acids is 1. The van der Waals surface area contributed by atoms with Crippen LogP contribution in [0.15, 0.2) is 18.2 Å². The molecular weight excluding hydrogens is 262 g/mol. The maximum absolute atomic E-state index is 10.8. The molecule has 0 aliphatic carbocycles. The molecule has 0 aliphatic heterocycles. The predicted octanol–water partition coefficient (Wildman–Crippen LogP) is 3.33. The van der Waals surface area contributed by atoms with Gasteiger partial charge in [0, 0.05) is 0 Å². The van der Waals surface area contributed by atoms with E-state index < -0.39 is 5.97 Å². The zero-order valence-corrected chi connectivity index (χ0v) is 11.4. The molecule has 2 aromatic rings. The monoisotopic (exact) mass is 275 g/mol. The molecule has 0 spiro atoms. The van der Waals surface area contributed by atoms with Crippen molar-refractivity contribution in [2.75, 3.05) is 0 Å². The van der Waals surface area contributed by atoms with E-state index >= 15 is 0 Å². The number of phenols is 1. The summed E-state index contributed by atoms with van der Waals surface area (Å²) in [6, 6.07) is 4.48. The standard InChI is InChI=1S/C14H13NO3S/c1-8-13(19-9(2)15-8)6-4-10-3-5-11(14(17)18)12(16)7-10/h3-7,16H,1-2H3,(H,17,18)/b6-4+. The van der Waals surface area contributed by atoms with E-state index in [0.717, 1.165) is 21.1 Å². The Bertz CT molecular complexity index is 659. The first kappa shape index (κ1) is 13.3. The molecule has 98 valence electrons. The summed E-state index contributed by atoms with van der Waals surface area (Å²) in [6.07, 6.45) is 3.74. The number of hydrogen-bond acceptors (Lipinski definition) is 4. The number of aromatic hydroxyl groups is 1. The van der Waals surface area contributed by atoms with E-state index in [2.05, 4.69) is 4.98 Å². The van der Waals surface area contributed by atoms with Gasteiger partial charge < -0.3 is 10.2 Å². The van der Waals surface area contributed by atoms with Crippen molar-refractivity contribution in [2.24, 2.45) is 0 Å². The van der Waals surface area contributed by atoms with Gasteiger partial charge in [-0.2, -0.15) is 0 Å². The molecule has 1 aromatic carbocycles. The molecule has 19 heavy (non-hydrogen) atoms. The van der Waals surface area contributed by atoms with Gasteiger partial charge >= 0.3 is 5.97 Å². The van der Waals surface area contributed by atoms with Crippen molar-refractivity contribution in [2.45, 2.75) is 13.8 Å². The molecule has 0 unspecified atom stereocenters. The minimum atomic E-state index is -1.14. The summed E-state index contributed by atoms with van der Waals surface area (Å²) in [4.78, 5) is 16.1. The molecule has 0 saturated heterocycles. The average molecular weight is 275 g/mol. The topological polar surface area (TPSA) is 70.4 Å². The maximum Gasteiger partial charge on any atom is 0.339 e. The minimum absolute atomic E-state index is 0.0954. The summed E-state index contributed by atoms with van der Waals surface area (Å²) in [5, 5.41) is 19.4. The van der Waals surface area contributed by atoms with Gasteiger partial charge in [-0.25, -0.2) is 9.78 Å². The Morgan fingerprint density at radius 2 is 2.05 bits per heavy atom. The van der Waals surface area contributed by atoms with E-state index in [9.17, 15) is 9.90 Å². The third-order valence-electron chi connectivity index (χ3n) is 2.62. The Hall–Kier alpha value is -2.14. The first-order valence-corrected chi connectivity index (χ1v) is 6.47.